The van der Waals surface area contributed by atoms with Crippen LogP contribution in [0.5, 0.6) is 5.75 Å². The van der Waals surface area contributed by atoms with Crippen LogP contribution in [-0.2, 0) is 6.61 Å². The predicted molar refractivity (Wildman–Crippen MR) is 70.3 cm³/mol. The molecule has 0 saturated heterocycles. The average molecular weight is 246 g/mol. The summed E-state index contributed by atoms with van der Waals surface area (Å²) in [7, 11) is 0. The highest BCUT2D eigenvalue weighted by atomic mass is 16.5. The topological polar surface area (TPSA) is 66.0 Å². The quantitative estimate of drug-likeness (QED) is 0.841. The summed E-state index contributed by atoms with van der Waals surface area (Å²) in [5.74, 6) is 1.49. The van der Waals surface area contributed by atoms with Crippen LogP contribution in [0.4, 0.5) is 5.69 Å². The van der Waals surface area contributed by atoms with Gasteiger partial charge in [0.25, 0.3) is 0 Å². The van der Waals surface area contributed by atoms with Crippen LogP contribution in [0.25, 0.3) is 0 Å². The second-order valence-electron chi connectivity index (χ2n) is 4.49. The lowest BCUT2D eigenvalue weighted by molar-refractivity contribution is 0.284. The number of nitrogen functional groups attached to an aromatic ring is 1. The fourth-order valence-corrected chi connectivity index (χ4v) is 1.73. The van der Waals surface area contributed by atoms with Crippen LogP contribution in [-0.4, -0.2) is 14.8 Å². The lowest BCUT2D eigenvalue weighted by atomic mass is 10.2. The molecule has 0 aliphatic heterocycles. The van der Waals surface area contributed by atoms with Gasteiger partial charge in [-0.15, -0.1) is 0 Å². The number of aromatic nitrogens is 3. The molecule has 2 aromatic rings. The van der Waals surface area contributed by atoms with Crippen molar-refractivity contribution in [3.8, 4) is 5.75 Å². The number of para-hydroxylation sites is 1. The molecule has 0 saturated carbocycles. The monoisotopic (exact) mass is 246 g/mol. The molecule has 2 rings (SSSR count). The van der Waals surface area contributed by atoms with E-state index in [4.69, 9.17) is 10.5 Å². The maximum absolute atomic E-state index is 5.95. The van der Waals surface area contributed by atoms with Gasteiger partial charge in [-0.05, 0) is 32.4 Å². The molecule has 1 aromatic heterocycles. The van der Waals surface area contributed by atoms with E-state index in [0.717, 1.165) is 11.4 Å². The molecule has 2 N–H and O–H groups in total. The number of anilines is 1. The first-order chi connectivity index (χ1) is 8.59. The molecule has 18 heavy (non-hydrogen) atoms. The zero-order chi connectivity index (χ0) is 13.1. The van der Waals surface area contributed by atoms with Crippen LogP contribution in [0.3, 0.4) is 0 Å². The maximum atomic E-state index is 5.95. The summed E-state index contributed by atoms with van der Waals surface area (Å²) in [6.07, 6.45) is 1.54. The van der Waals surface area contributed by atoms with Crippen LogP contribution >= 0.6 is 0 Å². The first kappa shape index (κ1) is 12.4. The van der Waals surface area contributed by atoms with Gasteiger partial charge < -0.3 is 10.5 Å². The Morgan fingerprint density at radius 1 is 1.39 bits per heavy atom. The second kappa shape index (κ2) is 5.08. The van der Waals surface area contributed by atoms with Crippen molar-refractivity contribution in [2.75, 3.05) is 5.73 Å². The van der Waals surface area contributed by atoms with Gasteiger partial charge in [0.2, 0.25) is 0 Å². The number of nitrogens with zero attached hydrogens (tertiary/aromatic N) is 3. The van der Waals surface area contributed by atoms with Crippen LogP contribution < -0.4 is 10.5 Å². The van der Waals surface area contributed by atoms with Gasteiger partial charge in [-0.2, -0.15) is 5.10 Å². The van der Waals surface area contributed by atoms with E-state index in [1.165, 1.54) is 6.33 Å². The first-order valence-electron chi connectivity index (χ1n) is 5.96. The normalized spacial score (nSPS) is 10.9. The van der Waals surface area contributed by atoms with Gasteiger partial charge in [-0.1, -0.05) is 12.1 Å². The zero-order valence-electron chi connectivity index (χ0n) is 10.9. The highest BCUT2D eigenvalue weighted by Gasteiger charge is 2.09. The molecule has 0 unspecified atom stereocenters. The van der Waals surface area contributed by atoms with Crippen molar-refractivity contribution in [3.63, 3.8) is 0 Å². The number of hydrogen-bond acceptors (Lipinski definition) is 4. The Morgan fingerprint density at radius 2 is 2.17 bits per heavy atom. The SMILES string of the molecule is Cc1cccc(OCc2ncnn2C(C)C)c1N. The summed E-state index contributed by atoms with van der Waals surface area (Å²) in [6.45, 7) is 6.43. The van der Waals surface area contributed by atoms with E-state index in [-0.39, 0.29) is 6.04 Å². The standard InChI is InChI=1S/C13H18N4O/c1-9(2)17-12(15-8-16-17)7-18-11-6-4-5-10(3)13(11)14/h4-6,8-9H,7,14H2,1-3H3. The Labute approximate surface area is 107 Å². The lowest BCUT2D eigenvalue weighted by Crippen LogP contribution is -2.11. The van der Waals surface area contributed by atoms with Gasteiger partial charge in [0, 0.05) is 6.04 Å². The Bertz CT molecular complexity index is 534. The molecule has 0 fully saturated rings. The fourth-order valence-electron chi connectivity index (χ4n) is 1.73. The van der Waals surface area contributed by atoms with Crippen molar-refractivity contribution >= 4 is 5.69 Å². The highest BCUT2D eigenvalue weighted by molar-refractivity contribution is 5.57. The van der Waals surface area contributed by atoms with Crippen molar-refractivity contribution in [1.29, 1.82) is 0 Å². The molecule has 0 amide bonds. The Morgan fingerprint density at radius 3 is 2.89 bits per heavy atom. The number of aryl methyl sites for hydroxylation is 1. The van der Waals surface area contributed by atoms with Gasteiger partial charge in [-0.25, -0.2) is 9.67 Å². The Kier molecular flexibility index (Phi) is 3.50. The van der Waals surface area contributed by atoms with Crippen LogP contribution in [0.2, 0.25) is 0 Å². The lowest BCUT2D eigenvalue weighted by Gasteiger charge is -2.12. The van der Waals surface area contributed by atoms with Gasteiger partial charge in [-0.3, -0.25) is 0 Å². The van der Waals surface area contributed by atoms with E-state index >= 15 is 0 Å². The molecular weight excluding hydrogens is 228 g/mol. The minimum absolute atomic E-state index is 0.265. The van der Waals surface area contributed by atoms with Gasteiger partial charge in [0.05, 0.1) is 5.69 Å². The molecule has 0 aliphatic rings. The van der Waals surface area contributed by atoms with E-state index < -0.39 is 0 Å². The molecule has 1 heterocycles. The van der Waals surface area contributed by atoms with Crippen molar-refractivity contribution in [1.82, 2.24) is 14.8 Å². The summed E-state index contributed by atoms with van der Waals surface area (Å²) in [5.41, 5.74) is 7.64. The molecule has 0 radical (unpaired) electrons. The molecule has 0 aliphatic carbocycles. The number of ether oxygens (including phenoxy) is 1. The van der Waals surface area contributed by atoms with Gasteiger partial charge in [0.15, 0.2) is 5.82 Å². The Hall–Kier alpha value is -2.04. The smallest absolute Gasteiger partial charge is 0.165 e. The molecule has 0 bridgehead atoms. The highest BCUT2D eigenvalue weighted by Crippen LogP contribution is 2.25. The minimum Gasteiger partial charge on any atom is -0.483 e. The number of benzene rings is 1. The van der Waals surface area contributed by atoms with Crippen molar-refractivity contribution < 1.29 is 4.74 Å². The summed E-state index contributed by atoms with van der Waals surface area (Å²) in [5, 5.41) is 4.16. The van der Waals surface area contributed by atoms with E-state index in [2.05, 4.69) is 23.9 Å². The van der Waals surface area contributed by atoms with Crippen molar-refractivity contribution in [3.05, 3.63) is 35.9 Å². The van der Waals surface area contributed by atoms with Crippen molar-refractivity contribution in [2.24, 2.45) is 0 Å². The van der Waals surface area contributed by atoms with E-state index in [9.17, 15) is 0 Å². The Balaban J connectivity index is 2.12. The van der Waals surface area contributed by atoms with Crippen LogP contribution in [0.15, 0.2) is 24.5 Å². The van der Waals surface area contributed by atoms with E-state index in [0.29, 0.717) is 18.0 Å². The third-order valence-corrected chi connectivity index (χ3v) is 2.78. The van der Waals surface area contributed by atoms with Crippen LogP contribution in [0, 0.1) is 6.92 Å². The molecule has 0 atom stereocenters. The summed E-state index contributed by atoms with van der Waals surface area (Å²) >= 11 is 0. The third kappa shape index (κ3) is 2.45. The summed E-state index contributed by atoms with van der Waals surface area (Å²) in [4.78, 5) is 4.19. The molecule has 1 aromatic carbocycles. The van der Waals surface area contributed by atoms with E-state index in [1.54, 1.807) is 0 Å². The fraction of sp³-hybridized carbons (Fsp3) is 0.385. The minimum atomic E-state index is 0.265. The van der Waals surface area contributed by atoms with Crippen molar-refractivity contribution in [2.45, 2.75) is 33.4 Å². The van der Waals surface area contributed by atoms with Gasteiger partial charge >= 0.3 is 0 Å². The zero-order valence-corrected chi connectivity index (χ0v) is 10.9. The molecule has 5 heteroatoms. The molecule has 5 nitrogen and oxygen atoms in total. The largest absolute Gasteiger partial charge is 0.483 e. The van der Waals surface area contributed by atoms with E-state index in [1.807, 2.05) is 29.8 Å². The first-order valence-corrected chi connectivity index (χ1v) is 5.96. The van der Waals surface area contributed by atoms with Gasteiger partial charge in [0.1, 0.15) is 18.7 Å². The number of hydrogen-bond donors (Lipinski definition) is 1. The summed E-state index contributed by atoms with van der Waals surface area (Å²) in [6, 6.07) is 6.01. The average Bonchev–Trinajstić information content (AvgIpc) is 2.79. The molecule has 0 spiro atoms. The second-order valence-corrected chi connectivity index (χ2v) is 4.49. The predicted octanol–water partition coefficient (Wildman–Crippen LogP) is 2.33. The number of nitrogens with two attached hydrogens (primary N) is 1. The van der Waals surface area contributed by atoms with Crippen LogP contribution in [0.1, 0.15) is 31.3 Å². The third-order valence-electron chi connectivity index (χ3n) is 2.78. The molecule has 96 valence electrons. The summed E-state index contributed by atoms with van der Waals surface area (Å²) < 4.78 is 7.54. The number of rotatable bonds is 4. The molecular formula is C13H18N4O. The maximum Gasteiger partial charge on any atom is 0.165 e.